The van der Waals surface area contributed by atoms with Crippen molar-refractivity contribution in [3.8, 4) is 0 Å². The van der Waals surface area contributed by atoms with E-state index in [1.807, 2.05) is 4.90 Å². The molecule has 0 aromatic heterocycles. The van der Waals surface area contributed by atoms with Gasteiger partial charge >= 0.3 is 0 Å². The van der Waals surface area contributed by atoms with Gasteiger partial charge in [0.15, 0.2) is 0 Å². The molecule has 0 N–H and O–H groups in total. The number of hydrogen-bond donors (Lipinski definition) is 0. The highest BCUT2D eigenvalue weighted by molar-refractivity contribution is 5.87. The molecule has 1 aliphatic heterocycles. The molecule has 0 radical (unpaired) electrons. The monoisotopic (exact) mass is 167 g/mol. The Bertz CT molecular complexity index is 188. The SMILES string of the molecule is C=CC(=O)N1CC(C)CC[C@H]1C. The Morgan fingerprint density at radius 2 is 2.17 bits per heavy atom. The lowest BCUT2D eigenvalue weighted by molar-refractivity contribution is -0.130. The number of carbonyl (C=O) groups is 1. The molecule has 1 unspecified atom stereocenters. The highest BCUT2D eigenvalue weighted by Gasteiger charge is 2.24. The van der Waals surface area contributed by atoms with E-state index in [1.54, 1.807) is 0 Å². The first-order chi connectivity index (χ1) is 5.65. The molecule has 68 valence electrons. The van der Waals surface area contributed by atoms with Crippen LogP contribution >= 0.6 is 0 Å². The lowest BCUT2D eigenvalue weighted by atomic mass is 9.95. The van der Waals surface area contributed by atoms with E-state index in [0.717, 1.165) is 13.0 Å². The lowest BCUT2D eigenvalue weighted by Crippen LogP contribution is -2.44. The number of hydrogen-bond acceptors (Lipinski definition) is 1. The molecular formula is C10H17NO. The van der Waals surface area contributed by atoms with Gasteiger partial charge in [-0.2, -0.15) is 0 Å². The summed E-state index contributed by atoms with van der Waals surface area (Å²) >= 11 is 0. The Labute approximate surface area is 74.2 Å². The summed E-state index contributed by atoms with van der Waals surface area (Å²) in [6.45, 7) is 8.69. The number of nitrogens with zero attached hydrogens (tertiary/aromatic N) is 1. The maximum Gasteiger partial charge on any atom is 0.246 e. The topological polar surface area (TPSA) is 20.3 Å². The van der Waals surface area contributed by atoms with Gasteiger partial charge < -0.3 is 4.90 Å². The first kappa shape index (κ1) is 9.30. The minimum absolute atomic E-state index is 0.0778. The second-order valence-electron chi connectivity index (χ2n) is 3.73. The van der Waals surface area contributed by atoms with Crippen molar-refractivity contribution in [1.82, 2.24) is 4.90 Å². The van der Waals surface area contributed by atoms with Crippen molar-refractivity contribution in [3.63, 3.8) is 0 Å². The molecule has 1 fully saturated rings. The summed E-state index contributed by atoms with van der Waals surface area (Å²) in [6, 6.07) is 0.395. The maximum atomic E-state index is 11.3. The standard InChI is InChI=1S/C10H17NO/c1-4-10(12)11-7-8(2)5-6-9(11)3/h4,8-9H,1,5-7H2,2-3H3/t8?,9-/m1/s1. The quantitative estimate of drug-likeness (QED) is 0.545. The van der Waals surface area contributed by atoms with E-state index in [1.165, 1.54) is 12.5 Å². The van der Waals surface area contributed by atoms with Gasteiger partial charge in [0.05, 0.1) is 0 Å². The van der Waals surface area contributed by atoms with E-state index in [-0.39, 0.29) is 5.91 Å². The van der Waals surface area contributed by atoms with Crippen LogP contribution in [0.15, 0.2) is 12.7 Å². The highest BCUT2D eigenvalue weighted by atomic mass is 16.2. The third-order valence-corrected chi connectivity index (χ3v) is 2.58. The minimum atomic E-state index is 0.0778. The van der Waals surface area contributed by atoms with Crippen LogP contribution in [0.5, 0.6) is 0 Å². The molecule has 2 heteroatoms. The number of rotatable bonds is 1. The predicted octanol–water partition coefficient (Wildman–Crippen LogP) is 1.82. The van der Waals surface area contributed by atoms with Crippen LogP contribution in [0.1, 0.15) is 26.7 Å². The molecule has 12 heavy (non-hydrogen) atoms. The van der Waals surface area contributed by atoms with Crippen molar-refractivity contribution < 1.29 is 4.79 Å². The second kappa shape index (κ2) is 3.74. The molecular weight excluding hydrogens is 150 g/mol. The van der Waals surface area contributed by atoms with Crippen LogP contribution in [-0.4, -0.2) is 23.4 Å². The number of carbonyl (C=O) groups excluding carboxylic acids is 1. The van der Waals surface area contributed by atoms with Crippen molar-refractivity contribution in [2.24, 2.45) is 5.92 Å². The summed E-state index contributed by atoms with van der Waals surface area (Å²) in [4.78, 5) is 13.2. The molecule has 1 aliphatic rings. The van der Waals surface area contributed by atoms with Gasteiger partial charge in [0, 0.05) is 12.6 Å². The Morgan fingerprint density at radius 1 is 1.50 bits per heavy atom. The fourth-order valence-corrected chi connectivity index (χ4v) is 1.71. The van der Waals surface area contributed by atoms with Crippen molar-refractivity contribution in [3.05, 3.63) is 12.7 Å². The summed E-state index contributed by atoms with van der Waals surface area (Å²) in [5, 5.41) is 0. The molecule has 1 rings (SSSR count). The Kier molecular flexibility index (Phi) is 2.90. The number of piperidine rings is 1. The zero-order valence-corrected chi connectivity index (χ0v) is 7.92. The first-order valence-electron chi connectivity index (χ1n) is 4.58. The van der Waals surface area contributed by atoms with Crippen LogP contribution in [0.25, 0.3) is 0 Å². The summed E-state index contributed by atoms with van der Waals surface area (Å²) in [6.07, 6.45) is 3.78. The maximum absolute atomic E-state index is 11.3. The summed E-state index contributed by atoms with van der Waals surface area (Å²) in [5.74, 6) is 0.721. The molecule has 1 amide bonds. The van der Waals surface area contributed by atoms with E-state index >= 15 is 0 Å². The fourth-order valence-electron chi connectivity index (χ4n) is 1.71. The normalized spacial score (nSPS) is 30.0. The fraction of sp³-hybridized carbons (Fsp3) is 0.700. The molecule has 1 heterocycles. The molecule has 2 nitrogen and oxygen atoms in total. The van der Waals surface area contributed by atoms with E-state index in [4.69, 9.17) is 0 Å². The van der Waals surface area contributed by atoms with E-state index < -0.39 is 0 Å². The molecule has 1 saturated heterocycles. The van der Waals surface area contributed by atoms with Crippen molar-refractivity contribution in [1.29, 1.82) is 0 Å². The Balaban J connectivity index is 2.60. The number of amides is 1. The van der Waals surface area contributed by atoms with Gasteiger partial charge in [-0.3, -0.25) is 4.79 Å². The number of likely N-dealkylation sites (tertiary alicyclic amines) is 1. The average Bonchev–Trinajstić information content (AvgIpc) is 2.08. The summed E-state index contributed by atoms with van der Waals surface area (Å²) < 4.78 is 0. The first-order valence-corrected chi connectivity index (χ1v) is 4.58. The molecule has 0 spiro atoms. The zero-order chi connectivity index (χ0) is 9.14. The highest BCUT2D eigenvalue weighted by Crippen LogP contribution is 2.21. The summed E-state index contributed by atoms with van der Waals surface area (Å²) in [5.41, 5.74) is 0. The van der Waals surface area contributed by atoms with E-state index in [2.05, 4.69) is 20.4 Å². The second-order valence-corrected chi connectivity index (χ2v) is 3.73. The van der Waals surface area contributed by atoms with Gasteiger partial charge in [0.1, 0.15) is 0 Å². The van der Waals surface area contributed by atoms with Crippen LogP contribution in [-0.2, 0) is 4.79 Å². The molecule has 0 saturated carbocycles. The third kappa shape index (κ3) is 1.87. The smallest absolute Gasteiger partial charge is 0.246 e. The van der Waals surface area contributed by atoms with Gasteiger partial charge in [0.2, 0.25) is 5.91 Å². The molecule has 0 aromatic rings. The van der Waals surface area contributed by atoms with Gasteiger partial charge in [-0.15, -0.1) is 0 Å². The van der Waals surface area contributed by atoms with E-state index in [0.29, 0.717) is 12.0 Å². The zero-order valence-electron chi connectivity index (χ0n) is 7.92. The summed E-state index contributed by atoms with van der Waals surface area (Å²) in [7, 11) is 0. The Hall–Kier alpha value is -0.790. The lowest BCUT2D eigenvalue weighted by Gasteiger charge is -2.36. The van der Waals surface area contributed by atoms with Crippen LogP contribution in [0, 0.1) is 5.92 Å². The molecule has 0 aromatic carbocycles. The third-order valence-electron chi connectivity index (χ3n) is 2.58. The minimum Gasteiger partial charge on any atom is -0.336 e. The van der Waals surface area contributed by atoms with Gasteiger partial charge in [0.25, 0.3) is 0 Å². The van der Waals surface area contributed by atoms with Gasteiger partial charge in [-0.05, 0) is 31.8 Å². The Morgan fingerprint density at radius 3 is 2.75 bits per heavy atom. The van der Waals surface area contributed by atoms with Crippen LogP contribution in [0.3, 0.4) is 0 Å². The average molecular weight is 167 g/mol. The van der Waals surface area contributed by atoms with Gasteiger partial charge in [-0.1, -0.05) is 13.5 Å². The predicted molar refractivity (Wildman–Crippen MR) is 49.8 cm³/mol. The largest absolute Gasteiger partial charge is 0.336 e. The van der Waals surface area contributed by atoms with Crippen molar-refractivity contribution in [2.45, 2.75) is 32.7 Å². The van der Waals surface area contributed by atoms with Crippen LogP contribution in [0.4, 0.5) is 0 Å². The van der Waals surface area contributed by atoms with Crippen molar-refractivity contribution in [2.75, 3.05) is 6.54 Å². The van der Waals surface area contributed by atoms with Gasteiger partial charge in [-0.25, -0.2) is 0 Å². The van der Waals surface area contributed by atoms with E-state index in [9.17, 15) is 4.79 Å². The van der Waals surface area contributed by atoms with Crippen LogP contribution < -0.4 is 0 Å². The van der Waals surface area contributed by atoms with Crippen molar-refractivity contribution >= 4 is 5.91 Å². The van der Waals surface area contributed by atoms with Crippen LogP contribution in [0.2, 0.25) is 0 Å². The molecule has 0 aliphatic carbocycles. The molecule has 2 atom stereocenters. The molecule has 0 bridgehead atoms.